The molecule has 62 heavy (non-hydrogen) atoms. The molecule has 0 saturated carbocycles. The van der Waals surface area contributed by atoms with Crippen LogP contribution in [0.3, 0.4) is 0 Å². The number of imidazole rings is 1. The van der Waals surface area contributed by atoms with Gasteiger partial charge in [0.15, 0.2) is 0 Å². The van der Waals surface area contributed by atoms with E-state index in [9.17, 15) is 0 Å². The predicted octanol–water partition coefficient (Wildman–Crippen LogP) is 15.4. The van der Waals surface area contributed by atoms with Crippen LogP contribution in [-0.4, -0.2) is 14.5 Å². The van der Waals surface area contributed by atoms with Gasteiger partial charge in [0.2, 0.25) is 0 Å². The van der Waals surface area contributed by atoms with E-state index < -0.39 is 13.7 Å². The molecule has 0 bridgehead atoms. The summed E-state index contributed by atoms with van der Waals surface area (Å²) in [6.45, 7) is 4.78. The van der Waals surface area contributed by atoms with Gasteiger partial charge in [0.25, 0.3) is 0 Å². The summed E-state index contributed by atoms with van der Waals surface area (Å²) in [6, 6.07) is 54.3. The Balaban J connectivity index is 0.000000232. The standard InChI is InChI=1S/C43H33N2O2.C13H12N.Ir/c1-25(2)32-21-28(27-13-6-5-7-14-27)22-33(26(3)4)41(32)45-37-19-10-9-18-36(37)44-43(45)31-17-12-16-30-35-23-34-29-15-8-11-20-38(29)46-39(34)24-40(35)47-42(30)31;1-10-3-6-12(7-4-10)13-8-5-11(2)9-14-13;/h5-16,18-26H,1-4H3;3-6,8-9H,1-2H3;/q2*-1;/i;1D3,2D3;. The monoisotopic (exact) mass is 990 g/mol. The third-order valence-electron chi connectivity index (χ3n) is 11.3. The van der Waals surface area contributed by atoms with Gasteiger partial charge >= 0.3 is 0 Å². The Morgan fingerprint density at radius 3 is 2.05 bits per heavy atom. The molecule has 4 aromatic heterocycles. The maximum absolute atomic E-state index is 7.28. The number of hydrogen-bond donors (Lipinski definition) is 0. The van der Waals surface area contributed by atoms with Crippen molar-refractivity contribution in [2.24, 2.45) is 0 Å². The molecule has 0 aliphatic heterocycles. The van der Waals surface area contributed by atoms with Gasteiger partial charge in [-0.25, -0.2) is 0 Å². The maximum Gasteiger partial charge on any atom is 0.139 e. The first-order valence-electron chi connectivity index (χ1n) is 23.5. The van der Waals surface area contributed by atoms with Crippen LogP contribution in [0.5, 0.6) is 0 Å². The molecule has 0 fully saturated rings. The minimum absolute atomic E-state index is 0. The molecule has 0 saturated heterocycles. The van der Waals surface area contributed by atoms with Crippen molar-refractivity contribution in [1.29, 1.82) is 0 Å². The largest absolute Gasteiger partial charge is 0.500 e. The second kappa shape index (κ2) is 16.7. The summed E-state index contributed by atoms with van der Waals surface area (Å²) in [5.41, 5.74) is 13.8. The summed E-state index contributed by atoms with van der Waals surface area (Å²) in [5, 5.41) is 4.27. The fraction of sp³-hybridized carbons (Fsp3) is 0.143. The first-order valence-corrected chi connectivity index (χ1v) is 20.5. The van der Waals surface area contributed by atoms with Crippen molar-refractivity contribution in [2.75, 3.05) is 0 Å². The Morgan fingerprint density at radius 2 is 1.32 bits per heavy atom. The molecule has 4 heterocycles. The van der Waals surface area contributed by atoms with Crippen molar-refractivity contribution in [3.63, 3.8) is 0 Å². The maximum atomic E-state index is 7.28. The number of furan rings is 2. The number of fused-ring (bicyclic) bond motifs is 7. The molecule has 0 unspecified atom stereocenters. The molecule has 0 atom stereocenters. The van der Waals surface area contributed by atoms with Crippen LogP contribution >= 0.6 is 0 Å². The summed E-state index contributed by atoms with van der Waals surface area (Å²) in [7, 11) is 0. The summed E-state index contributed by atoms with van der Waals surface area (Å²) < 4.78 is 58.9. The Morgan fingerprint density at radius 1 is 0.613 bits per heavy atom. The van der Waals surface area contributed by atoms with Crippen LogP contribution in [0.1, 0.15) is 70.0 Å². The van der Waals surface area contributed by atoms with Crippen molar-refractivity contribution in [2.45, 2.75) is 53.2 Å². The van der Waals surface area contributed by atoms with Crippen molar-refractivity contribution >= 4 is 54.9 Å². The quantitative estimate of drug-likeness (QED) is 0.156. The molecule has 1 radical (unpaired) electrons. The van der Waals surface area contributed by atoms with Crippen LogP contribution < -0.4 is 0 Å². The molecule has 0 aliphatic carbocycles. The molecule has 11 aromatic rings. The van der Waals surface area contributed by atoms with Gasteiger partial charge in [-0.2, -0.15) is 0 Å². The Kier molecular flexibility index (Phi) is 9.17. The van der Waals surface area contributed by atoms with Crippen LogP contribution in [0.2, 0.25) is 0 Å². The number of nitrogens with zero attached hydrogens (tertiary/aromatic N) is 3. The zero-order valence-electron chi connectivity index (χ0n) is 40.6. The van der Waals surface area contributed by atoms with Crippen LogP contribution in [-0.2, 0) is 20.1 Å². The van der Waals surface area contributed by atoms with Crippen LogP contribution in [0.4, 0.5) is 0 Å². The van der Waals surface area contributed by atoms with E-state index in [0.29, 0.717) is 11.3 Å². The van der Waals surface area contributed by atoms with Crippen LogP contribution in [0, 0.1) is 25.8 Å². The SMILES string of the molecule is CC(C)c1cc(-c2ccccc2)cc(C(C)C)c1-n1c(-c2[c-]ccc3c2oc2cc4oc5ccccc5c4cc23)nc2ccccc21.[2H]C([2H])([2H])c1c[c-]c(-c2ccc(C([2H])([2H])[2H])cn2)cc1.[Ir]. The van der Waals surface area contributed by atoms with E-state index in [1.54, 1.807) is 12.1 Å². The Bertz CT molecular complexity index is 3520. The topological polar surface area (TPSA) is 57.0 Å². The van der Waals surface area contributed by atoms with E-state index in [1.165, 1.54) is 52.3 Å². The van der Waals surface area contributed by atoms with Gasteiger partial charge in [-0.05, 0) is 88.6 Å². The molecule has 0 N–H and O–H groups in total. The predicted molar refractivity (Wildman–Crippen MR) is 251 cm³/mol. The van der Waals surface area contributed by atoms with E-state index in [-0.39, 0.29) is 43.1 Å². The van der Waals surface area contributed by atoms with E-state index in [0.717, 1.165) is 66.3 Å². The van der Waals surface area contributed by atoms with Gasteiger partial charge in [0.1, 0.15) is 16.7 Å². The summed E-state index contributed by atoms with van der Waals surface area (Å²) in [5.74, 6) is 1.37. The van der Waals surface area contributed by atoms with E-state index in [1.807, 2.05) is 24.3 Å². The van der Waals surface area contributed by atoms with Crippen LogP contribution in [0.25, 0.3) is 94.4 Å². The van der Waals surface area contributed by atoms with Crippen molar-refractivity contribution in [3.05, 3.63) is 186 Å². The van der Waals surface area contributed by atoms with E-state index in [4.69, 9.17) is 22.0 Å². The Labute approximate surface area is 383 Å². The van der Waals surface area contributed by atoms with Crippen molar-refractivity contribution in [3.8, 4) is 39.5 Å². The minimum atomic E-state index is -2.18. The molecule has 11 rings (SSSR count). The van der Waals surface area contributed by atoms with Gasteiger partial charge in [-0.1, -0.05) is 118 Å². The van der Waals surface area contributed by atoms with Gasteiger partial charge in [-0.15, -0.1) is 53.6 Å². The number of hydrogen-bond acceptors (Lipinski definition) is 4. The number of rotatable bonds is 6. The van der Waals surface area contributed by atoms with Crippen molar-refractivity contribution < 1.29 is 37.2 Å². The number of pyridine rings is 1. The summed E-state index contributed by atoms with van der Waals surface area (Å²) in [4.78, 5) is 9.38. The summed E-state index contributed by atoms with van der Waals surface area (Å²) in [6.07, 6.45) is 1.30. The van der Waals surface area contributed by atoms with E-state index in [2.05, 4.69) is 140 Å². The normalized spacial score (nSPS) is 13.4. The molecule has 7 aromatic carbocycles. The van der Waals surface area contributed by atoms with Crippen molar-refractivity contribution in [1.82, 2.24) is 14.5 Å². The molecule has 5 nitrogen and oxygen atoms in total. The van der Waals surface area contributed by atoms with Crippen LogP contribution in [0.15, 0.2) is 161 Å². The molecule has 6 heteroatoms. The molecular weight excluding hydrogens is 939 g/mol. The van der Waals surface area contributed by atoms with Gasteiger partial charge in [0, 0.05) is 62.4 Å². The molecule has 0 aliphatic rings. The second-order valence-corrected chi connectivity index (χ2v) is 16.0. The number of aryl methyl sites for hydroxylation is 2. The third-order valence-corrected chi connectivity index (χ3v) is 11.3. The third kappa shape index (κ3) is 7.34. The van der Waals surface area contributed by atoms with E-state index >= 15 is 0 Å². The zero-order chi connectivity index (χ0) is 46.8. The molecule has 307 valence electrons. The molecule has 0 amide bonds. The van der Waals surface area contributed by atoms with Gasteiger partial charge < -0.3 is 18.4 Å². The second-order valence-electron chi connectivity index (χ2n) is 16.0. The van der Waals surface area contributed by atoms with Gasteiger partial charge in [-0.3, -0.25) is 4.98 Å². The molecular formula is C56H45IrN3O2-2. The smallest absolute Gasteiger partial charge is 0.139 e. The fourth-order valence-electron chi connectivity index (χ4n) is 8.30. The minimum Gasteiger partial charge on any atom is -0.500 e. The summed E-state index contributed by atoms with van der Waals surface area (Å²) >= 11 is 0. The first kappa shape index (κ1) is 34.0. The average Bonchev–Trinajstić information content (AvgIpc) is 4.01. The van der Waals surface area contributed by atoms with Gasteiger partial charge in [0.05, 0.1) is 22.4 Å². The average molecular weight is 990 g/mol. The number of para-hydroxylation sites is 3. The molecule has 0 spiro atoms. The number of benzene rings is 7. The first-order chi connectivity index (χ1) is 32.1. The Hall–Kier alpha value is -6.59. The zero-order valence-corrected chi connectivity index (χ0v) is 37.0. The number of aromatic nitrogens is 3. The fourth-order valence-corrected chi connectivity index (χ4v) is 8.30.